The lowest BCUT2D eigenvalue weighted by Crippen LogP contribution is -2.32. The monoisotopic (exact) mass is 386 g/mol. The largest absolute Gasteiger partial charge is 0.350 e. The standard InChI is InChI=1S/C24H19FN2O2/c1-15-8-13-20(16(2)14-15)21-22(26-18-6-4-3-5-7-18)24(29)27(23(21)28)19-11-9-17(25)10-12-19/h3-14,26H,1-2H3. The molecule has 0 unspecified atom stereocenters. The van der Waals surface area contributed by atoms with E-state index in [9.17, 15) is 14.0 Å². The number of halogens is 1. The molecular formula is C24H19FN2O2. The Morgan fingerprint density at radius 1 is 0.828 bits per heavy atom. The molecule has 1 aliphatic rings. The van der Waals surface area contributed by atoms with Gasteiger partial charge in [0.2, 0.25) is 0 Å². The molecule has 3 aromatic carbocycles. The van der Waals surface area contributed by atoms with Crippen molar-refractivity contribution in [3.8, 4) is 0 Å². The lowest BCUT2D eigenvalue weighted by atomic mass is 9.97. The van der Waals surface area contributed by atoms with Crippen molar-refractivity contribution in [2.24, 2.45) is 0 Å². The lowest BCUT2D eigenvalue weighted by molar-refractivity contribution is -0.120. The van der Waals surface area contributed by atoms with Crippen molar-refractivity contribution < 1.29 is 14.0 Å². The van der Waals surface area contributed by atoms with E-state index < -0.39 is 17.6 Å². The zero-order valence-electron chi connectivity index (χ0n) is 16.1. The molecule has 0 aromatic heterocycles. The quantitative estimate of drug-likeness (QED) is 0.653. The van der Waals surface area contributed by atoms with E-state index in [2.05, 4.69) is 5.32 Å². The first kappa shape index (κ1) is 18.6. The predicted molar refractivity (Wildman–Crippen MR) is 112 cm³/mol. The van der Waals surface area contributed by atoms with Crippen molar-refractivity contribution in [2.75, 3.05) is 10.2 Å². The number of nitrogens with zero attached hydrogens (tertiary/aromatic N) is 1. The molecule has 1 aliphatic heterocycles. The summed E-state index contributed by atoms with van der Waals surface area (Å²) in [5.74, 6) is -1.34. The van der Waals surface area contributed by atoms with Crippen LogP contribution in [0.15, 0.2) is 78.5 Å². The Bertz CT molecular complexity index is 1140. The summed E-state index contributed by atoms with van der Waals surface area (Å²) in [5.41, 5.74) is 4.20. The molecule has 0 fully saturated rings. The van der Waals surface area contributed by atoms with E-state index in [0.29, 0.717) is 22.5 Å². The molecule has 0 aliphatic carbocycles. The maximum Gasteiger partial charge on any atom is 0.282 e. The van der Waals surface area contributed by atoms with Gasteiger partial charge in [-0.2, -0.15) is 0 Å². The maximum atomic E-state index is 13.4. The molecular weight excluding hydrogens is 367 g/mol. The van der Waals surface area contributed by atoms with Gasteiger partial charge in [-0.05, 0) is 61.4 Å². The molecule has 5 heteroatoms. The van der Waals surface area contributed by atoms with Crippen LogP contribution in [-0.4, -0.2) is 11.8 Å². The fourth-order valence-corrected chi connectivity index (χ4v) is 3.48. The number of carbonyl (C=O) groups is 2. The van der Waals surface area contributed by atoms with Crippen LogP contribution in [0.25, 0.3) is 5.57 Å². The topological polar surface area (TPSA) is 49.4 Å². The van der Waals surface area contributed by atoms with E-state index in [4.69, 9.17) is 0 Å². The summed E-state index contributed by atoms with van der Waals surface area (Å²) in [4.78, 5) is 27.7. The van der Waals surface area contributed by atoms with Crippen molar-refractivity contribution in [1.29, 1.82) is 0 Å². The average Bonchev–Trinajstić information content (AvgIpc) is 2.94. The smallest absolute Gasteiger partial charge is 0.282 e. The second-order valence-electron chi connectivity index (χ2n) is 6.98. The van der Waals surface area contributed by atoms with Crippen LogP contribution < -0.4 is 10.2 Å². The highest BCUT2D eigenvalue weighted by Crippen LogP contribution is 2.35. The Hall–Kier alpha value is -3.73. The van der Waals surface area contributed by atoms with Crippen LogP contribution in [0.1, 0.15) is 16.7 Å². The summed E-state index contributed by atoms with van der Waals surface area (Å²) >= 11 is 0. The van der Waals surface area contributed by atoms with Gasteiger partial charge in [-0.25, -0.2) is 9.29 Å². The Morgan fingerprint density at radius 3 is 2.17 bits per heavy atom. The van der Waals surface area contributed by atoms with Gasteiger partial charge in [-0.15, -0.1) is 0 Å². The van der Waals surface area contributed by atoms with Crippen molar-refractivity contribution in [3.63, 3.8) is 0 Å². The molecule has 0 bridgehead atoms. The highest BCUT2D eigenvalue weighted by Gasteiger charge is 2.40. The van der Waals surface area contributed by atoms with Gasteiger partial charge in [0.25, 0.3) is 11.8 Å². The molecule has 1 N–H and O–H groups in total. The first-order valence-electron chi connectivity index (χ1n) is 9.24. The van der Waals surface area contributed by atoms with Gasteiger partial charge in [0.15, 0.2) is 0 Å². The van der Waals surface area contributed by atoms with Crippen molar-refractivity contribution in [1.82, 2.24) is 0 Å². The van der Waals surface area contributed by atoms with Gasteiger partial charge in [0, 0.05) is 5.69 Å². The number of nitrogens with one attached hydrogen (secondary N) is 1. The summed E-state index contributed by atoms with van der Waals surface area (Å²) in [6, 6.07) is 20.3. The first-order valence-corrected chi connectivity index (χ1v) is 9.24. The van der Waals surface area contributed by atoms with Crippen LogP contribution >= 0.6 is 0 Å². The Morgan fingerprint density at radius 2 is 1.52 bits per heavy atom. The summed E-state index contributed by atoms with van der Waals surface area (Å²) in [6.45, 7) is 3.88. The van der Waals surface area contributed by atoms with Crippen molar-refractivity contribution in [3.05, 3.63) is 101 Å². The number of benzene rings is 3. The van der Waals surface area contributed by atoms with E-state index >= 15 is 0 Å². The van der Waals surface area contributed by atoms with Crippen molar-refractivity contribution in [2.45, 2.75) is 13.8 Å². The molecule has 0 radical (unpaired) electrons. The fourth-order valence-electron chi connectivity index (χ4n) is 3.48. The second kappa shape index (κ2) is 7.36. The maximum absolute atomic E-state index is 13.4. The second-order valence-corrected chi connectivity index (χ2v) is 6.98. The SMILES string of the molecule is Cc1ccc(C2=C(Nc3ccccc3)C(=O)N(c3ccc(F)cc3)C2=O)c(C)c1. The third-order valence-electron chi connectivity index (χ3n) is 4.86. The fraction of sp³-hybridized carbons (Fsp3) is 0.0833. The molecule has 0 saturated heterocycles. The van der Waals surface area contributed by atoms with Crippen molar-refractivity contribution >= 4 is 28.8 Å². The summed E-state index contributed by atoms with van der Waals surface area (Å²) in [5, 5.41) is 3.12. The van der Waals surface area contributed by atoms with Gasteiger partial charge < -0.3 is 5.32 Å². The van der Waals surface area contributed by atoms with E-state index in [1.807, 2.05) is 62.4 Å². The Balaban J connectivity index is 1.85. The average molecular weight is 386 g/mol. The third-order valence-corrected chi connectivity index (χ3v) is 4.86. The van der Waals surface area contributed by atoms with Crippen LogP contribution in [0.4, 0.5) is 15.8 Å². The summed E-state index contributed by atoms with van der Waals surface area (Å²) in [7, 11) is 0. The summed E-state index contributed by atoms with van der Waals surface area (Å²) in [6.07, 6.45) is 0. The molecule has 0 saturated carbocycles. The Labute approximate surface area is 168 Å². The Kier molecular flexibility index (Phi) is 4.72. The molecule has 3 aromatic rings. The van der Waals surface area contributed by atoms with Crippen LogP contribution in [0.2, 0.25) is 0 Å². The van der Waals surface area contributed by atoms with Crippen LogP contribution in [0.3, 0.4) is 0 Å². The molecule has 144 valence electrons. The highest BCUT2D eigenvalue weighted by atomic mass is 19.1. The van der Waals surface area contributed by atoms with E-state index in [1.165, 1.54) is 24.3 Å². The van der Waals surface area contributed by atoms with E-state index in [0.717, 1.165) is 16.0 Å². The number of imide groups is 1. The molecule has 0 spiro atoms. The molecule has 4 nitrogen and oxygen atoms in total. The number of carbonyl (C=O) groups excluding carboxylic acids is 2. The zero-order valence-corrected chi connectivity index (χ0v) is 16.1. The molecule has 2 amide bonds. The van der Waals surface area contributed by atoms with E-state index in [1.54, 1.807) is 0 Å². The summed E-state index contributed by atoms with van der Waals surface area (Å²) < 4.78 is 13.4. The van der Waals surface area contributed by atoms with Gasteiger partial charge in [-0.1, -0.05) is 42.0 Å². The number of hydrogen-bond acceptors (Lipinski definition) is 3. The van der Waals surface area contributed by atoms with Crippen LogP contribution in [0.5, 0.6) is 0 Å². The number of para-hydroxylation sites is 1. The first-order chi connectivity index (χ1) is 14.0. The normalized spacial score (nSPS) is 14.0. The number of anilines is 2. The molecule has 1 heterocycles. The molecule has 4 rings (SSSR count). The minimum absolute atomic E-state index is 0.206. The van der Waals surface area contributed by atoms with Gasteiger partial charge in [0.05, 0.1) is 11.3 Å². The highest BCUT2D eigenvalue weighted by molar-refractivity contribution is 6.46. The minimum atomic E-state index is -0.472. The number of aryl methyl sites for hydroxylation is 2. The molecule has 29 heavy (non-hydrogen) atoms. The van der Waals surface area contributed by atoms with Gasteiger partial charge in [0.1, 0.15) is 11.5 Å². The third kappa shape index (κ3) is 3.43. The lowest BCUT2D eigenvalue weighted by Gasteiger charge is -2.15. The van der Waals surface area contributed by atoms with Crippen LogP contribution in [0, 0.1) is 19.7 Å². The van der Waals surface area contributed by atoms with Gasteiger partial charge in [-0.3, -0.25) is 9.59 Å². The predicted octanol–water partition coefficient (Wildman–Crippen LogP) is 4.84. The number of hydrogen-bond donors (Lipinski definition) is 1. The number of rotatable bonds is 4. The van der Waals surface area contributed by atoms with Gasteiger partial charge >= 0.3 is 0 Å². The molecule has 0 atom stereocenters. The van der Waals surface area contributed by atoms with Crippen LogP contribution in [-0.2, 0) is 9.59 Å². The number of amides is 2. The minimum Gasteiger partial charge on any atom is -0.350 e. The zero-order chi connectivity index (χ0) is 20.5. The van der Waals surface area contributed by atoms with E-state index in [-0.39, 0.29) is 5.70 Å².